The van der Waals surface area contributed by atoms with Crippen LogP contribution in [-0.4, -0.2) is 16.0 Å². The summed E-state index contributed by atoms with van der Waals surface area (Å²) in [5.41, 5.74) is 0.152. The molecule has 92 valence electrons. The Morgan fingerprint density at radius 2 is 2.00 bits per heavy atom. The zero-order valence-corrected chi connectivity index (χ0v) is 9.79. The lowest BCUT2D eigenvalue weighted by molar-refractivity contribution is -0.385. The molecule has 0 saturated heterocycles. The van der Waals surface area contributed by atoms with E-state index in [1.165, 1.54) is 18.2 Å². The highest BCUT2D eigenvalue weighted by atomic mass is 16.6. The summed E-state index contributed by atoms with van der Waals surface area (Å²) < 4.78 is 0. The van der Waals surface area contributed by atoms with E-state index in [0.29, 0.717) is 6.42 Å². The smallest absolute Gasteiger partial charge is 0.311 e. The van der Waals surface area contributed by atoms with Crippen LogP contribution in [0.4, 0.5) is 5.69 Å². The number of hydrogen-bond donors (Lipinski definition) is 1. The van der Waals surface area contributed by atoms with E-state index >= 15 is 0 Å². The van der Waals surface area contributed by atoms with E-state index < -0.39 is 16.8 Å². The molecule has 5 nitrogen and oxygen atoms in total. The van der Waals surface area contributed by atoms with Gasteiger partial charge >= 0.3 is 5.97 Å². The van der Waals surface area contributed by atoms with Crippen LogP contribution >= 0.6 is 0 Å². The number of benzene rings is 1. The number of nitrogens with zero attached hydrogens (tertiary/aromatic N) is 1. The minimum Gasteiger partial charge on any atom is -0.481 e. The molecule has 0 spiro atoms. The Kier molecular flexibility index (Phi) is 4.20. The topological polar surface area (TPSA) is 80.4 Å². The van der Waals surface area contributed by atoms with E-state index in [9.17, 15) is 14.9 Å². The molecule has 5 heteroatoms. The van der Waals surface area contributed by atoms with Gasteiger partial charge in [-0.1, -0.05) is 32.0 Å². The lowest BCUT2D eigenvalue weighted by Crippen LogP contribution is -2.15. The first-order valence-corrected chi connectivity index (χ1v) is 5.39. The molecular weight excluding hydrogens is 222 g/mol. The van der Waals surface area contributed by atoms with Gasteiger partial charge in [0.2, 0.25) is 0 Å². The Morgan fingerprint density at radius 1 is 1.41 bits per heavy atom. The fraction of sp³-hybridized carbons (Fsp3) is 0.417. The van der Waals surface area contributed by atoms with Crippen LogP contribution in [0.2, 0.25) is 0 Å². The lowest BCUT2D eigenvalue weighted by atomic mass is 9.89. The van der Waals surface area contributed by atoms with Crippen molar-refractivity contribution in [2.24, 2.45) is 5.92 Å². The van der Waals surface area contributed by atoms with Gasteiger partial charge in [-0.3, -0.25) is 14.9 Å². The van der Waals surface area contributed by atoms with Crippen molar-refractivity contribution in [3.05, 3.63) is 39.9 Å². The normalized spacial score (nSPS) is 12.4. The van der Waals surface area contributed by atoms with Gasteiger partial charge in [-0.25, -0.2) is 0 Å². The summed E-state index contributed by atoms with van der Waals surface area (Å²) in [4.78, 5) is 21.5. The van der Waals surface area contributed by atoms with Crippen LogP contribution in [0.15, 0.2) is 24.3 Å². The van der Waals surface area contributed by atoms with Crippen molar-refractivity contribution in [3.8, 4) is 0 Å². The Hall–Kier alpha value is -1.91. The summed E-state index contributed by atoms with van der Waals surface area (Å²) in [5, 5.41) is 20.0. The first-order chi connectivity index (χ1) is 7.93. The minimum atomic E-state index is -1.02. The molecule has 1 aromatic carbocycles. The Balaban J connectivity index is 3.18. The molecule has 0 aliphatic heterocycles. The molecule has 1 unspecified atom stereocenters. The number of carboxylic acid groups (broad SMARTS) is 1. The van der Waals surface area contributed by atoms with Crippen molar-refractivity contribution < 1.29 is 14.8 Å². The largest absolute Gasteiger partial charge is 0.481 e. The van der Waals surface area contributed by atoms with E-state index in [2.05, 4.69) is 0 Å². The van der Waals surface area contributed by atoms with Crippen molar-refractivity contribution in [3.63, 3.8) is 0 Å². The van der Waals surface area contributed by atoms with Gasteiger partial charge in [-0.05, 0) is 12.3 Å². The molecule has 1 rings (SSSR count). The number of nitro benzene ring substituents is 1. The van der Waals surface area contributed by atoms with E-state index in [-0.39, 0.29) is 17.2 Å². The van der Waals surface area contributed by atoms with Crippen molar-refractivity contribution in [2.75, 3.05) is 0 Å². The predicted octanol–water partition coefficient (Wildman–Crippen LogP) is 2.81. The van der Waals surface area contributed by atoms with Crippen molar-refractivity contribution in [1.29, 1.82) is 0 Å². The summed E-state index contributed by atoms with van der Waals surface area (Å²) in [6, 6.07) is 6.01. The molecule has 0 radical (unpaired) electrons. The Morgan fingerprint density at radius 3 is 2.47 bits per heavy atom. The van der Waals surface area contributed by atoms with Gasteiger partial charge in [0.25, 0.3) is 5.69 Å². The molecule has 0 aromatic heterocycles. The molecular formula is C12H15NO4. The number of nitro groups is 1. The second-order valence-electron chi connectivity index (χ2n) is 4.34. The first-order valence-electron chi connectivity index (χ1n) is 5.39. The Bertz CT molecular complexity index is 428. The maximum absolute atomic E-state index is 11.2. The number of rotatable bonds is 5. The summed E-state index contributed by atoms with van der Waals surface area (Å²) in [6.07, 6.45) is 0.389. The molecule has 0 saturated carbocycles. The number of hydrogen-bond acceptors (Lipinski definition) is 3. The van der Waals surface area contributed by atoms with Crippen LogP contribution in [0.1, 0.15) is 31.7 Å². The quantitative estimate of drug-likeness (QED) is 0.630. The molecule has 1 atom stereocenters. The highest BCUT2D eigenvalue weighted by Gasteiger charge is 2.27. The van der Waals surface area contributed by atoms with E-state index in [1.54, 1.807) is 6.07 Å². The van der Waals surface area contributed by atoms with Crippen molar-refractivity contribution in [1.82, 2.24) is 0 Å². The van der Waals surface area contributed by atoms with E-state index in [1.807, 2.05) is 13.8 Å². The molecule has 0 amide bonds. The number of carbonyl (C=O) groups is 1. The van der Waals surface area contributed by atoms with Crippen LogP contribution in [0, 0.1) is 16.0 Å². The van der Waals surface area contributed by atoms with E-state index in [4.69, 9.17) is 5.11 Å². The molecule has 1 N–H and O–H groups in total. The predicted molar refractivity (Wildman–Crippen MR) is 62.9 cm³/mol. The van der Waals surface area contributed by atoms with Gasteiger partial charge in [0.1, 0.15) is 0 Å². The average molecular weight is 237 g/mol. The standard InChI is InChI=1S/C12H15NO4/c1-8(2)7-10(12(14)15)9-5-3-4-6-11(9)13(16)17/h3-6,8,10H,7H2,1-2H3,(H,14,15). The summed E-state index contributed by atoms with van der Waals surface area (Å²) in [6.45, 7) is 3.79. The van der Waals surface area contributed by atoms with Crippen LogP contribution in [-0.2, 0) is 4.79 Å². The molecule has 0 fully saturated rings. The summed E-state index contributed by atoms with van der Waals surface area (Å²) in [7, 11) is 0. The number of aliphatic carboxylic acids is 1. The van der Waals surface area contributed by atoms with Gasteiger partial charge in [-0.2, -0.15) is 0 Å². The molecule has 0 aliphatic rings. The summed E-state index contributed by atoms with van der Waals surface area (Å²) in [5.74, 6) is -1.68. The van der Waals surface area contributed by atoms with Gasteiger partial charge in [-0.15, -0.1) is 0 Å². The monoisotopic (exact) mass is 237 g/mol. The highest BCUT2D eigenvalue weighted by molar-refractivity contribution is 5.77. The molecule has 0 bridgehead atoms. The lowest BCUT2D eigenvalue weighted by Gasteiger charge is -2.14. The fourth-order valence-corrected chi connectivity index (χ4v) is 1.78. The van der Waals surface area contributed by atoms with E-state index in [0.717, 1.165) is 0 Å². The van der Waals surface area contributed by atoms with Crippen molar-refractivity contribution >= 4 is 11.7 Å². The zero-order chi connectivity index (χ0) is 13.0. The van der Waals surface area contributed by atoms with Gasteiger partial charge in [0.05, 0.1) is 10.8 Å². The molecule has 17 heavy (non-hydrogen) atoms. The van der Waals surface area contributed by atoms with Crippen molar-refractivity contribution in [2.45, 2.75) is 26.2 Å². The van der Waals surface area contributed by atoms with Gasteiger partial charge in [0.15, 0.2) is 0 Å². The average Bonchev–Trinajstić information content (AvgIpc) is 2.25. The van der Waals surface area contributed by atoms with Gasteiger partial charge in [0, 0.05) is 11.6 Å². The molecule has 1 aromatic rings. The second kappa shape index (κ2) is 5.43. The maximum atomic E-state index is 11.2. The third-order valence-electron chi connectivity index (χ3n) is 2.51. The minimum absolute atomic E-state index is 0.124. The maximum Gasteiger partial charge on any atom is 0.311 e. The summed E-state index contributed by atoms with van der Waals surface area (Å²) >= 11 is 0. The van der Waals surface area contributed by atoms with Crippen LogP contribution in [0.5, 0.6) is 0 Å². The Labute approximate surface area is 99.2 Å². The zero-order valence-electron chi connectivity index (χ0n) is 9.79. The third kappa shape index (κ3) is 3.27. The highest BCUT2D eigenvalue weighted by Crippen LogP contribution is 2.31. The van der Waals surface area contributed by atoms with Crippen LogP contribution in [0.25, 0.3) is 0 Å². The molecule has 0 heterocycles. The fourth-order valence-electron chi connectivity index (χ4n) is 1.78. The van der Waals surface area contributed by atoms with Gasteiger partial charge < -0.3 is 5.11 Å². The SMILES string of the molecule is CC(C)CC(C(=O)O)c1ccccc1[N+](=O)[O-]. The second-order valence-corrected chi connectivity index (χ2v) is 4.34. The third-order valence-corrected chi connectivity index (χ3v) is 2.51. The van der Waals surface area contributed by atoms with Crippen LogP contribution in [0.3, 0.4) is 0 Å². The number of para-hydroxylation sites is 1. The number of carboxylic acids is 1. The molecule has 0 aliphatic carbocycles. The van der Waals surface area contributed by atoms with Crippen LogP contribution < -0.4 is 0 Å². The first kappa shape index (κ1) is 13.2.